The van der Waals surface area contributed by atoms with Gasteiger partial charge in [-0.2, -0.15) is 16.9 Å². The molecule has 8 aromatic carbocycles. The number of hydrogen-bond acceptors (Lipinski definition) is 17. The molecule has 24 nitrogen and oxygen atoms in total. The first-order chi connectivity index (χ1) is 63.1. The molecule has 8 aromatic rings. The minimum absolute atomic E-state index is 0.0110. The van der Waals surface area contributed by atoms with Crippen LogP contribution in [0, 0.1) is 23.1 Å². The molecule has 3 atom stereocenters. The molecule has 2 saturated heterocycles. The molecular weight excluding hydrogens is 1810 g/mol. The monoisotopic (exact) mass is 1900 g/mol. The molecule has 12 aliphatic heterocycles. The number of carboxylic acids is 2. The summed E-state index contributed by atoms with van der Waals surface area (Å²) in [6.45, 7) is 8.61. The van der Waals surface area contributed by atoms with Crippen LogP contribution < -0.4 is 81.2 Å². The fourth-order valence-electron chi connectivity index (χ4n) is 20.1. The zero-order valence-electron chi connectivity index (χ0n) is 71.7. The number of carboxylic acid groups (broad SMARTS) is 2. The molecule has 696 valence electrons. The number of aliphatic imine (C=N–C) groups is 1. The molecule has 133 heavy (non-hydrogen) atoms. The van der Waals surface area contributed by atoms with Crippen LogP contribution in [0.5, 0.6) is 23.0 Å². The van der Waals surface area contributed by atoms with Gasteiger partial charge in [-0.25, -0.2) is 19.4 Å². The van der Waals surface area contributed by atoms with Crippen LogP contribution >= 0.6 is 27.4 Å². The number of aryl methyl sites for hydroxylation is 4. The van der Waals surface area contributed by atoms with E-state index in [4.69, 9.17) is 26.7 Å². The Morgan fingerprint density at radius 3 is 1.44 bits per heavy atom. The van der Waals surface area contributed by atoms with E-state index in [1.165, 1.54) is 84.9 Å². The van der Waals surface area contributed by atoms with Crippen molar-refractivity contribution in [1.82, 2.24) is 30.5 Å². The summed E-state index contributed by atoms with van der Waals surface area (Å²) >= 11 is 1.90. The molecule has 2 fully saturated rings. The van der Waals surface area contributed by atoms with Crippen LogP contribution in [0.2, 0.25) is 0 Å². The quantitative estimate of drug-likeness (QED) is 0.00758. The molecule has 0 aromatic heterocycles. The standard InChI is InChI=1S/C40H34N6O4.C36H33N3O4.C18H21N5O2S.2F6P/c41-43-27-12-9-23(10-13-27)22-42-44-39(47)26-11-14-28(31(21-26)40(48)49)34-32-19-24-5-1-15-45-17-3-7-29(35(24)45)37(32)50-38-30-8-4-18-46-16-2-6-25(36(30)46)20-33(34)38;1-2-13-37-35(40)23-11-12-24(27(20-23)36(41)42)30-28-18-21-7-3-14-38-16-5-9-25(31(21)38)33(28)43-34-26-10-6-17-39-15-4-8-22(32(26)39)19-29(30)34;19-23-13-7-5-12(6-8-13)9-20-10-14(24)3-1-2-4-16-17-15(11-26-16)21-18(25)22-17;2*1-7(2,3,4,5)6/h9-14,19-22H,1-8,15-18H2;1,11-12,18-20H,3-10,13-17H2,(H-,37,40,41,42);5-9,15-17H,1-4,10-11H2,(H-,21,22,25);;/q;;;2*-1/p+2/t;;15-,16-,17-;;/m..0../s1. The molecule has 12 heterocycles. The first-order valence-corrected chi connectivity index (χ1v) is 49.0. The van der Waals surface area contributed by atoms with Crippen LogP contribution in [-0.2, 0) is 56.2 Å². The summed E-state index contributed by atoms with van der Waals surface area (Å²) in [5.74, 6) is 3.24. The number of diazo groups is 2. The Bertz CT molecular complexity index is 6630. The van der Waals surface area contributed by atoms with Crippen molar-refractivity contribution in [3.63, 3.8) is 0 Å². The largest absolute Gasteiger partial charge is 0.545 e. The van der Waals surface area contributed by atoms with Gasteiger partial charge in [0, 0.05) is 188 Å². The first-order valence-electron chi connectivity index (χ1n) is 43.9. The zero-order chi connectivity index (χ0) is 94.3. The Labute approximate surface area is 758 Å². The van der Waals surface area contributed by atoms with Gasteiger partial charge in [0.2, 0.25) is 21.5 Å². The Kier molecular flexibility index (Phi) is 25.3. The number of Topliss-reactive ketones (excluding diaryl/α,β-unsaturated/α-hetero) is 1. The zero-order valence-corrected chi connectivity index (χ0v) is 74.3. The van der Waals surface area contributed by atoms with Crippen LogP contribution in [0.4, 0.5) is 77.9 Å². The molecule has 0 aliphatic carbocycles. The molecule has 20 rings (SSSR count). The molecule has 0 saturated carbocycles. The topological polar surface area (TPSA) is 309 Å². The van der Waals surface area contributed by atoms with E-state index in [0.29, 0.717) is 39.7 Å². The number of benzene rings is 8. The van der Waals surface area contributed by atoms with Crippen molar-refractivity contribution < 1.29 is 98.8 Å². The predicted molar refractivity (Wildman–Crippen MR) is 479 cm³/mol. The van der Waals surface area contributed by atoms with E-state index in [2.05, 4.69) is 90.6 Å². The molecule has 0 radical (unpaired) electrons. The Morgan fingerprint density at radius 1 is 0.541 bits per heavy atom. The number of aromatic carboxylic acids is 2. The van der Waals surface area contributed by atoms with E-state index >= 15 is 0 Å². The summed E-state index contributed by atoms with van der Waals surface area (Å²) in [6.07, 6.45) is 28.0. The number of hydrogen-bond donors (Lipinski definition) is 4. The maximum Gasteiger partial charge on any atom is 0.385 e. The van der Waals surface area contributed by atoms with Gasteiger partial charge in [0.1, 0.15) is 49.2 Å². The van der Waals surface area contributed by atoms with Gasteiger partial charge in [0.05, 0.1) is 54.5 Å². The second kappa shape index (κ2) is 36.0. The number of nitrogens with one attached hydrogen (secondary N) is 4. The minimum atomic E-state index is -10.7. The molecule has 0 spiro atoms. The first kappa shape index (κ1) is 93.5. The summed E-state index contributed by atoms with van der Waals surface area (Å²) in [5.41, 5.74) is 22.5. The average molecular weight is 1900 g/mol. The number of anilines is 2. The number of ether oxygens (including phenoxy) is 2. The number of hydrazone groups is 1. The van der Waals surface area contributed by atoms with Gasteiger partial charge in [-0.3, -0.25) is 19.4 Å². The number of amides is 4. The van der Waals surface area contributed by atoms with Crippen molar-refractivity contribution in [1.29, 1.82) is 10.8 Å². The second-order valence-corrected chi connectivity index (χ2v) is 39.7. The van der Waals surface area contributed by atoms with Crippen molar-refractivity contribution in [2.45, 2.75) is 146 Å². The van der Waals surface area contributed by atoms with Crippen molar-refractivity contribution in [2.24, 2.45) is 10.1 Å². The van der Waals surface area contributed by atoms with Gasteiger partial charge >= 0.3 is 83.4 Å². The van der Waals surface area contributed by atoms with Crippen LogP contribution in [0.1, 0.15) is 196 Å². The number of thioether (sulfide) groups is 1. The van der Waals surface area contributed by atoms with Crippen molar-refractivity contribution in [3.8, 4) is 35.3 Å². The number of urea groups is 1. The molecule has 4 amide bonds. The second-order valence-electron chi connectivity index (χ2n) is 34.5. The fourth-order valence-corrected chi connectivity index (χ4v) is 21.7. The fraction of sp³-hybridized carbons (Fsp3) is 0.362. The number of rotatable bonds is 17. The summed E-state index contributed by atoms with van der Waals surface area (Å²) in [6, 6.07) is 32.6. The number of carbonyl (C=O) groups excluding carboxylic acids is 6. The third kappa shape index (κ3) is 21.9. The van der Waals surface area contributed by atoms with E-state index in [1.807, 2.05) is 11.8 Å². The summed E-state index contributed by atoms with van der Waals surface area (Å²) in [4.78, 5) is 90.4. The molecule has 12 aliphatic rings. The maximum atomic E-state index is 13.2. The Morgan fingerprint density at radius 2 is 0.977 bits per heavy atom. The van der Waals surface area contributed by atoms with Crippen molar-refractivity contribution in [2.75, 3.05) is 81.0 Å². The van der Waals surface area contributed by atoms with E-state index in [0.717, 1.165) is 241 Å². The van der Waals surface area contributed by atoms with Crippen molar-refractivity contribution >= 4 is 109 Å². The molecule has 0 unspecified atom stereocenters. The van der Waals surface area contributed by atoms with Crippen molar-refractivity contribution in [3.05, 3.63) is 240 Å². The van der Waals surface area contributed by atoms with E-state index < -0.39 is 39.4 Å². The van der Waals surface area contributed by atoms with E-state index in [-0.39, 0.29) is 59.2 Å². The summed E-state index contributed by atoms with van der Waals surface area (Å²) in [7, 11) is -21.3. The minimum Gasteiger partial charge on any atom is -0.545 e. The number of carbonyl (C=O) groups is 6. The van der Waals surface area contributed by atoms with Gasteiger partial charge in [-0.1, -0.05) is 24.5 Å². The van der Waals surface area contributed by atoms with Gasteiger partial charge in [0.15, 0.2) is 15.7 Å². The van der Waals surface area contributed by atoms with Gasteiger partial charge < -0.3 is 55.0 Å². The maximum absolute atomic E-state index is 13.2. The molecular formula is C94H90F12N14O10P2S. The van der Waals surface area contributed by atoms with Crippen LogP contribution in [0.15, 0.2) is 119 Å². The van der Waals surface area contributed by atoms with Crippen LogP contribution in [0.3, 0.4) is 0 Å². The van der Waals surface area contributed by atoms with E-state index in [1.54, 1.807) is 79.0 Å². The van der Waals surface area contributed by atoms with Crippen LogP contribution in [-0.4, -0.2) is 137 Å². The third-order valence-corrected chi connectivity index (χ3v) is 26.8. The SMILES string of the molecule is C#CCNC(=O)c1ccc(C2=c3cc4c5c(c3Oc3c2cc2c6c3CCCN6CCC2)CCC[N+]=5CCC4)c(C(=O)[O-])c1.F[P-](F)(F)(F)(F)F.F[P-](F)(F)(F)(F)F.N#[N+]c1ccc(/C=N/NC(=O)c2ccc(C3=c4cc5c6c(c4Oc4c3cc3c7c4CCCN7CCC3)CCC[N+]=6CCC5)c(C(=O)[O-])c2)cc1.N#[N+]c1ccc(C=NCC(=O)CCCC[C@@H]2SC[C@@H]3NC(=O)N[C@@H]32)cc1. The normalized spacial score (nSPS) is 19.1. The smallest absolute Gasteiger partial charge is 0.385 e. The molecule has 0 bridgehead atoms. The van der Waals surface area contributed by atoms with Gasteiger partial charge in [0.25, 0.3) is 11.8 Å². The third-order valence-electron chi connectivity index (χ3n) is 25.3. The number of unbranched alkanes of at least 4 members (excludes halogenated alkanes) is 1. The van der Waals surface area contributed by atoms with E-state index in [9.17, 15) is 89.3 Å². The summed E-state index contributed by atoms with van der Waals surface area (Å²) in [5, 5.41) is 60.8. The number of ketones is 1. The predicted octanol–water partition coefficient (Wildman–Crippen LogP) is 15.2. The van der Waals surface area contributed by atoms with Crippen LogP contribution in [0.25, 0.3) is 21.1 Å². The Hall–Kier alpha value is -12.8. The Balaban J connectivity index is 0.000000140. The molecule has 4 N–H and O–H groups in total. The number of nitrogens with zero attached hydrogens (tertiary/aromatic N) is 10. The van der Waals surface area contributed by atoms with Gasteiger partial charge in [-0.05, 0) is 196 Å². The molecule has 39 heteroatoms. The van der Waals surface area contributed by atoms with Gasteiger partial charge in [-0.15, -0.1) is 6.42 Å². The number of halogens is 12. The summed E-state index contributed by atoms with van der Waals surface area (Å²) < 4.78 is 138. The number of terminal acetylenes is 1. The average Bonchev–Trinajstić information content (AvgIpc) is 0.864. The number of fused-ring (bicyclic) bond motifs is 9.